The van der Waals surface area contributed by atoms with Gasteiger partial charge in [-0.3, -0.25) is 9.59 Å². The Balaban J connectivity index is 2.78. The van der Waals surface area contributed by atoms with Crippen LogP contribution in [0.25, 0.3) is 0 Å². The number of rotatable bonds is 3. The summed E-state index contributed by atoms with van der Waals surface area (Å²) >= 11 is 0. The quantitative estimate of drug-likeness (QED) is 0.729. The van der Waals surface area contributed by atoms with E-state index < -0.39 is 5.54 Å². The third kappa shape index (κ3) is 2.43. The van der Waals surface area contributed by atoms with Crippen LogP contribution in [0.3, 0.4) is 0 Å². The molecule has 1 aliphatic rings. The summed E-state index contributed by atoms with van der Waals surface area (Å²) in [4.78, 5) is 25.4. The van der Waals surface area contributed by atoms with Crippen molar-refractivity contribution in [3.8, 4) is 0 Å². The summed E-state index contributed by atoms with van der Waals surface area (Å²) in [7, 11) is 0. The average molecular weight is 224 g/mol. The number of carbonyl (C=O) groups is 2. The number of nitrogens with one attached hydrogen (secondary N) is 1. The molecular weight excluding hydrogens is 204 g/mol. The van der Waals surface area contributed by atoms with E-state index in [0.717, 1.165) is 6.42 Å². The van der Waals surface area contributed by atoms with Crippen molar-refractivity contribution in [3.05, 3.63) is 12.2 Å². The number of nitrogens with zero attached hydrogens (tertiary/aromatic N) is 1. The molecule has 90 valence electrons. The molecule has 0 aromatic rings. The van der Waals surface area contributed by atoms with Crippen LogP contribution in [0.4, 0.5) is 0 Å². The molecule has 1 aliphatic heterocycles. The van der Waals surface area contributed by atoms with Crippen molar-refractivity contribution in [1.82, 2.24) is 10.2 Å². The molecule has 0 radical (unpaired) electrons. The van der Waals surface area contributed by atoms with Gasteiger partial charge in [0.15, 0.2) is 0 Å². The third-order valence-corrected chi connectivity index (χ3v) is 2.85. The first-order chi connectivity index (χ1) is 7.40. The fraction of sp³-hybridized carbons (Fsp3) is 0.667. The van der Waals surface area contributed by atoms with Crippen molar-refractivity contribution < 1.29 is 9.59 Å². The summed E-state index contributed by atoms with van der Waals surface area (Å²) in [5.41, 5.74) is -0.778. The summed E-state index contributed by atoms with van der Waals surface area (Å²) in [5, 5.41) is 2.73. The van der Waals surface area contributed by atoms with Crippen LogP contribution in [0.15, 0.2) is 12.2 Å². The standard InChI is InChI=1S/C12H20N2O2/c1-5-6-7-8-14-9(2)10(15)13-12(3,4)11(14)16/h5-6,9H,7-8H2,1-4H3,(H,13,15)/b6-5+. The molecule has 1 fully saturated rings. The summed E-state index contributed by atoms with van der Waals surface area (Å²) in [6.45, 7) is 7.78. The highest BCUT2D eigenvalue weighted by atomic mass is 16.2. The van der Waals surface area contributed by atoms with E-state index in [-0.39, 0.29) is 17.9 Å². The molecule has 0 aromatic carbocycles. The van der Waals surface area contributed by atoms with Gasteiger partial charge in [-0.25, -0.2) is 0 Å². The maximum atomic E-state index is 12.1. The second-order valence-corrected chi connectivity index (χ2v) is 4.65. The summed E-state index contributed by atoms with van der Waals surface area (Å²) < 4.78 is 0. The van der Waals surface area contributed by atoms with Gasteiger partial charge in [-0.2, -0.15) is 0 Å². The maximum absolute atomic E-state index is 12.1. The Bertz CT molecular complexity index is 321. The molecule has 1 heterocycles. The molecule has 1 unspecified atom stereocenters. The first kappa shape index (κ1) is 12.7. The zero-order valence-electron chi connectivity index (χ0n) is 10.4. The molecule has 16 heavy (non-hydrogen) atoms. The Labute approximate surface area is 96.7 Å². The van der Waals surface area contributed by atoms with Gasteiger partial charge in [0, 0.05) is 6.54 Å². The minimum Gasteiger partial charge on any atom is -0.340 e. The van der Waals surface area contributed by atoms with Gasteiger partial charge in [-0.15, -0.1) is 0 Å². The first-order valence-corrected chi connectivity index (χ1v) is 5.64. The monoisotopic (exact) mass is 224 g/mol. The molecule has 0 aromatic heterocycles. The molecule has 0 bridgehead atoms. The lowest BCUT2D eigenvalue weighted by Gasteiger charge is -2.41. The van der Waals surface area contributed by atoms with Crippen LogP contribution in [0.1, 0.15) is 34.1 Å². The molecule has 2 amide bonds. The zero-order valence-corrected chi connectivity index (χ0v) is 10.4. The van der Waals surface area contributed by atoms with Crippen LogP contribution in [0.5, 0.6) is 0 Å². The number of hydrogen-bond acceptors (Lipinski definition) is 2. The lowest BCUT2D eigenvalue weighted by atomic mass is 9.97. The Morgan fingerprint density at radius 1 is 1.44 bits per heavy atom. The van der Waals surface area contributed by atoms with E-state index >= 15 is 0 Å². The van der Waals surface area contributed by atoms with E-state index in [1.807, 2.05) is 19.1 Å². The van der Waals surface area contributed by atoms with Crippen molar-refractivity contribution >= 4 is 11.8 Å². The zero-order chi connectivity index (χ0) is 12.3. The van der Waals surface area contributed by atoms with Crippen molar-refractivity contribution in [3.63, 3.8) is 0 Å². The largest absolute Gasteiger partial charge is 0.340 e. The number of amides is 2. The third-order valence-electron chi connectivity index (χ3n) is 2.85. The second kappa shape index (κ2) is 4.68. The van der Waals surface area contributed by atoms with Gasteiger partial charge in [0.2, 0.25) is 11.8 Å². The van der Waals surface area contributed by atoms with E-state index in [2.05, 4.69) is 5.32 Å². The molecule has 4 heteroatoms. The van der Waals surface area contributed by atoms with Crippen LogP contribution in [-0.4, -0.2) is 34.8 Å². The summed E-state index contributed by atoms with van der Waals surface area (Å²) in [6, 6.07) is -0.370. The number of carbonyl (C=O) groups excluding carboxylic acids is 2. The van der Waals surface area contributed by atoms with E-state index in [4.69, 9.17) is 0 Å². The number of allylic oxidation sites excluding steroid dienone is 1. The highest BCUT2D eigenvalue weighted by Gasteiger charge is 2.42. The predicted octanol–water partition coefficient (Wildman–Crippen LogP) is 1.08. The van der Waals surface area contributed by atoms with Gasteiger partial charge in [-0.1, -0.05) is 12.2 Å². The highest BCUT2D eigenvalue weighted by molar-refractivity contribution is 5.99. The van der Waals surface area contributed by atoms with Crippen molar-refractivity contribution in [2.75, 3.05) is 6.54 Å². The number of piperazine rings is 1. The average Bonchev–Trinajstić information content (AvgIpc) is 2.20. The van der Waals surface area contributed by atoms with Crippen LogP contribution < -0.4 is 5.32 Å². The van der Waals surface area contributed by atoms with Gasteiger partial charge in [0.1, 0.15) is 11.6 Å². The van der Waals surface area contributed by atoms with Crippen molar-refractivity contribution in [2.24, 2.45) is 0 Å². The molecule has 0 spiro atoms. The smallest absolute Gasteiger partial charge is 0.248 e. The lowest BCUT2D eigenvalue weighted by molar-refractivity contribution is -0.152. The van der Waals surface area contributed by atoms with E-state index in [1.54, 1.807) is 25.7 Å². The topological polar surface area (TPSA) is 49.4 Å². The lowest BCUT2D eigenvalue weighted by Crippen LogP contribution is -2.67. The molecule has 0 aliphatic carbocycles. The Morgan fingerprint density at radius 2 is 2.06 bits per heavy atom. The Hall–Kier alpha value is -1.32. The fourth-order valence-electron chi connectivity index (χ4n) is 1.82. The van der Waals surface area contributed by atoms with Gasteiger partial charge in [0.05, 0.1) is 0 Å². The van der Waals surface area contributed by atoms with E-state index in [9.17, 15) is 9.59 Å². The molecule has 0 saturated carbocycles. The molecule has 1 atom stereocenters. The van der Waals surface area contributed by atoms with Gasteiger partial charge >= 0.3 is 0 Å². The highest BCUT2D eigenvalue weighted by Crippen LogP contribution is 2.17. The minimum atomic E-state index is -0.778. The SMILES string of the molecule is C/C=C/CCN1C(=O)C(C)(C)NC(=O)C1C. The van der Waals surface area contributed by atoms with Gasteiger partial charge in [-0.05, 0) is 34.1 Å². The van der Waals surface area contributed by atoms with Crippen molar-refractivity contribution in [1.29, 1.82) is 0 Å². The molecule has 4 nitrogen and oxygen atoms in total. The summed E-state index contributed by atoms with van der Waals surface area (Å²) in [6.07, 6.45) is 4.74. The molecule has 1 rings (SSSR count). The first-order valence-electron chi connectivity index (χ1n) is 5.64. The van der Waals surface area contributed by atoms with E-state index in [1.165, 1.54) is 0 Å². The van der Waals surface area contributed by atoms with Gasteiger partial charge < -0.3 is 10.2 Å². The minimum absolute atomic E-state index is 0.0101. The van der Waals surface area contributed by atoms with Crippen molar-refractivity contribution in [2.45, 2.75) is 45.7 Å². The Kier molecular flexibility index (Phi) is 3.73. The maximum Gasteiger partial charge on any atom is 0.248 e. The van der Waals surface area contributed by atoms with Crippen LogP contribution in [-0.2, 0) is 9.59 Å². The molecule has 1 N–H and O–H groups in total. The molecule has 1 saturated heterocycles. The van der Waals surface area contributed by atoms with Crippen LogP contribution >= 0.6 is 0 Å². The van der Waals surface area contributed by atoms with Crippen LogP contribution in [0, 0.1) is 0 Å². The van der Waals surface area contributed by atoms with Gasteiger partial charge in [0.25, 0.3) is 0 Å². The fourth-order valence-corrected chi connectivity index (χ4v) is 1.82. The molecular formula is C12H20N2O2. The van der Waals surface area contributed by atoms with E-state index in [0.29, 0.717) is 6.54 Å². The normalized spacial score (nSPS) is 25.0. The van der Waals surface area contributed by atoms with Crippen LogP contribution in [0.2, 0.25) is 0 Å². The predicted molar refractivity (Wildman–Crippen MR) is 62.8 cm³/mol. The summed E-state index contributed by atoms with van der Waals surface area (Å²) in [5.74, 6) is -0.0887. The number of hydrogen-bond donors (Lipinski definition) is 1. The second-order valence-electron chi connectivity index (χ2n) is 4.65. The Morgan fingerprint density at radius 3 is 2.62 bits per heavy atom.